The molecule has 0 rings (SSSR count). The standard InChI is InChI=1S/C19H40OS/c1-18(2,3)16-14-12-10-8-9-11-13-15-17-21(7,20)19(4,5)6/h7-17H2,1-6H3. The van der Waals surface area contributed by atoms with Gasteiger partial charge in [-0.05, 0) is 54.4 Å². The molecule has 0 spiro atoms. The van der Waals surface area contributed by atoms with E-state index in [9.17, 15) is 4.21 Å². The van der Waals surface area contributed by atoms with Gasteiger partial charge in [-0.25, -0.2) is 0 Å². The Morgan fingerprint density at radius 3 is 1.48 bits per heavy atom. The van der Waals surface area contributed by atoms with Crippen molar-refractivity contribution in [2.45, 2.75) is 104 Å². The normalized spacial score (nSPS) is 15.9. The first-order chi connectivity index (χ1) is 9.46. The van der Waals surface area contributed by atoms with Crippen LogP contribution in [0.4, 0.5) is 0 Å². The summed E-state index contributed by atoms with van der Waals surface area (Å²) >= 11 is 0. The summed E-state index contributed by atoms with van der Waals surface area (Å²) in [6, 6.07) is 0. The Balaban J connectivity index is 3.46. The Kier molecular flexibility index (Phi) is 9.23. The fraction of sp³-hybridized carbons (Fsp3) is 0.947. The Morgan fingerprint density at radius 1 is 0.714 bits per heavy atom. The van der Waals surface area contributed by atoms with Gasteiger partial charge in [-0.3, -0.25) is 4.21 Å². The van der Waals surface area contributed by atoms with Crippen molar-refractivity contribution < 1.29 is 4.21 Å². The molecule has 0 radical (unpaired) electrons. The Labute approximate surface area is 135 Å². The topological polar surface area (TPSA) is 17.1 Å². The monoisotopic (exact) mass is 316 g/mol. The molecule has 128 valence electrons. The highest BCUT2D eigenvalue weighted by molar-refractivity contribution is 8.01. The maximum Gasteiger partial charge on any atom is 0.0299 e. The van der Waals surface area contributed by atoms with Crippen LogP contribution in [0.2, 0.25) is 0 Å². The van der Waals surface area contributed by atoms with Crippen LogP contribution >= 0.6 is 0 Å². The van der Waals surface area contributed by atoms with Gasteiger partial charge in [0, 0.05) is 10.5 Å². The highest BCUT2D eigenvalue weighted by atomic mass is 32.2. The Morgan fingerprint density at radius 2 is 1.10 bits per heavy atom. The van der Waals surface area contributed by atoms with Crippen LogP contribution in [0.1, 0.15) is 99.3 Å². The van der Waals surface area contributed by atoms with Crippen LogP contribution in [-0.2, 0) is 9.52 Å². The van der Waals surface area contributed by atoms with Gasteiger partial charge >= 0.3 is 0 Å². The predicted molar refractivity (Wildman–Crippen MR) is 101 cm³/mol. The molecule has 0 aromatic heterocycles. The summed E-state index contributed by atoms with van der Waals surface area (Å²) in [5.74, 6) is 4.75. The molecule has 0 amide bonds. The smallest absolute Gasteiger partial charge is 0.0299 e. The van der Waals surface area contributed by atoms with Crippen molar-refractivity contribution in [3.05, 3.63) is 0 Å². The predicted octanol–water partition coefficient (Wildman–Crippen LogP) is 6.06. The second-order valence-corrected chi connectivity index (χ2v) is 12.0. The molecular weight excluding hydrogens is 276 g/mol. The van der Waals surface area contributed by atoms with Gasteiger partial charge in [0.2, 0.25) is 0 Å². The number of unbranched alkanes of at least 4 members (excludes halogenated alkanes) is 7. The lowest BCUT2D eigenvalue weighted by atomic mass is 9.89. The van der Waals surface area contributed by atoms with Gasteiger partial charge in [0.05, 0.1) is 0 Å². The van der Waals surface area contributed by atoms with Crippen molar-refractivity contribution in [1.29, 1.82) is 0 Å². The maximum absolute atomic E-state index is 12.4. The van der Waals surface area contributed by atoms with Gasteiger partial charge in [0.15, 0.2) is 0 Å². The van der Waals surface area contributed by atoms with E-state index >= 15 is 0 Å². The highest BCUT2D eigenvalue weighted by Gasteiger charge is 2.21. The molecule has 0 saturated heterocycles. The molecule has 0 aromatic carbocycles. The molecule has 0 aliphatic carbocycles. The van der Waals surface area contributed by atoms with E-state index in [0.717, 1.165) is 12.2 Å². The molecule has 0 aromatic rings. The lowest BCUT2D eigenvalue weighted by Crippen LogP contribution is -2.30. The van der Waals surface area contributed by atoms with Crippen LogP contribution in [0.3, 0.4) is 0 Å². The first kappa shape index (κ1) is 21.0. The van der Waals surface area contributed by atoms with Crippen molar-refractivity contribution in [3.63, 3.8) is 0 Å². The van der Waals surface area contributed by atoms with E-state index in [2.05, 4.69) is 26.6 Å². The van der Waals surface area contributed by atoms with Gasteiger partial charge in [0.1, 0.15) is 0 Å². The molecule has 0 aliphatic rings. The van der Waals surface area contributed by atoms with Crippen LogP contribution < -0.4 is 0 Å². The van der Waals surface area contributed by atoms with Gasteiger partial charge < -0.3 is 0 Å². The van der Waals surface area contributed by atoms with Crippen molar-refractivity contribution in [1.82, 2.24) is 0 Å². The molecular formula is C19H40OS. The molecule has 0 fully saturated rings. The molecule has 0 aliphatic heterocycles. The molecule has 0 saturated carbocycles. The van der Waals surface area contributed by atoms with Crippen LogP contribution in [0.15, 0.2) is 0 Å². The average Bonchev–Trinajstić information content (AvgIpc) is 2.28. The van der Waals surface area contributed by atoms with E-state index in [4.69, 9.17) is 0 Å². The van der Waals surface area contributed by atoms with E-state index in [1.54, 1.807) is 0 Å². The minimum Gasteiger partial charge on any atom is -0.267 e. The zero-order chi connectivity index (χ0) is 16.6. The van der Waals surface area contributed by atoms with Gasteiger partial charge in [-0.15, -0.1) is 0 Å². The van der Waals surface area contributed by atoms with E-state index in [0.29, 0.717) is 5.41 Å². The van der Waals surface area contributed by atoms with E-state index in [1.165, 1.54) is 51.4 Å². The molecule has 0 N–H and O–H groups in total. The molecule has 1 atom stereocenters. The summed E-state index contributed by atoms with van der Waals surface area (Å²) in [5, 5.41) is 0. The zero-order valence-electron chi connectivity index (χ0n) is 15.6. The van der Waals surface area contributed by atoms with Crippen LogP contribution in [0.25, 0.3) is 0 Å². The maximum atomic E-state index is 12.4. The summed E-state index contributed by atoms with van der Waals surface area (Å²) in [6.07, 6.45) is 11.8. The first-order valence-electron chi connectivity index (χ1n) is 8.80. The van der Waals surface area contributed by atoms with Crippen LogP contribution in [0.5, 0.6) is 0 Å². The summed E-state index contributed by atoms with van der Waals surface area (Å²) in [7, 11) is -1.92. The van der Waals surface area contributed by atoms with Crippen molar-refractivity contribution in [3.8, 4) is 0 Å². The van der Waals surface area contributed by atoms with Gasteiger partial charge in [-0.1, -0.05) is 65.7 Å². The molecule has 1 nitrogen and oxygen atoms in total. The summed E-state index contributed by atoms with van der Waals surface area (Å²) < 4.78 is 12.2. The summed E-state index contributed by atoms with van der Waals surface area (Å²) in [5.41, 5.74) is 0.494. The Bertz CT molecular complexity index is 352. The van der Waals surface area contributed by atoms with E-state index < -0.39 is 9.52 Å². The van der Waals surface area contributed by atoms with E-state index in [1.807, 2.05) is 20.8 Å². The van der Waals surface area contributed by atoms with Crippen molar-refractivity contribution in [2.24, 2.45) is 5.41 Å². The molecule has 21 heavy (non-hydrogen) atoms. The highest BCUT2D eigenvalue weighted by Crippen LogP contribution is 2.23. The fourth-order valence-electron chi connectivity index (χ4n) is 2.36. The van der Waals surface area contributed by atoms with Crippen LogP contribution in [0, 0.1) is 5.41 Å². The van der Waals surface area contributed by atoms with Crippen molar-refractivity contribution >= 4 is 15.4 Å². The zero-order valence-corrected chi connectivity index (χ0v) is 16.4. The first-order valence-corrected chi connectivity index (χ1v) is 10.7. The van der Waals surface area contributed by atoms with E-state index in [-0.39, 0.29) is 4.75 Å². The lowest BCUT2D eigenvalue weighted by Gasteiger charge is -2.24. The SMILES string of the molecule is C=S(=O)(CCCCCCCCCCC(C)(C)C)C(C)(C)C. The molecule has 2 heteroatoms. The third-order valence-electron chi connectivity index (χ3n) is 4.27. The second-order valence-electron chi connectivity index (χ2n) is 8.77. The minimum atomic E-state index is -1.92. The largest absolute Gasteiger partial charge is 0.267 e. The van der Waals surface area contributed by atoms with Gasteiger partial charge in [0.25, 0.3) is 0 Å². The lowest BCUT2D eigenvalue weighted by molar-refractivity contribution is 0.356. The average molecular weight is 317 g/mol. The molecule has 0 bridgehead atoms. The second kappa shape index (κ2) is 9.22. The third kappa shape index (κ3) is 11.3. The summed E-state index contributed by atoms with van der Waals surface area (Å²) in [4.78, 5) is 0. The van der Waals surface area contributed by atoms with Gasteiger partial charge in [-0.2, -0.15) is 0 Å². The molecule has 1 unspecified atom stereocenters. The quantitative estimate of drug-likeness (QED) is 0.354. The van der Waals surface area contributed by atoms with Crippen molar-refractivity contribution in [2.75, 3.05) is 5.75 Å². The number of hydrogen-bond acceptors (Lipinski definition) is 1. The Hall–Kier alpha value is 0.0200. The number of hydrogen-bond donors (Lipinski definition) is 0. The molecule has 0 heterocycles. The minimum absolute atomic E-state index is 0.153. The summed E-state index contributed by atoms with van der Waals surface area (Å²) in [6.45, 7) is 13.1. The van der Waals surface area contributed by atoms with Crippen LogP contribution in [-0.4, -0.2) is 20.6 Å². The third-order valence-corrected chi connectivity index (χ3v) is 7.45. The fourth-order valence-corrected chi connectivity index (χ4v) is 3.64. The number of rotatable bonds is 10.